The van der Waals surface area contributed by atoms with E-state index in [0.29, 0.717) is 11.3 Å². The van der Waals surface area contributed by atoms with Crippen molar-refractivity contribution < 1.29 is 19.3 Å². The predicted molar refractivity (Wildman–Crippen MR) is 105 cm³/mol. The number of hydrogen-bond donors (Lipinski definition) is 1. The Balaban J connectivity index is 1.45. The number of amides is 3. The molecule has 144 valence electrons. The number of hydrogen-bond acceptors (Lipinski definition) is 7. The summed E-state index contributed by atoms with van der Waals surface area (Å²) in [4.78, 5) is 52.5. The first-order chi connectivity index (χ1) is 13.9. The van der Waals surface area contributed by atoms with Crippen molar-refractivity contribution in [3.05, 3.63) is 75.2 Å². The minimum atomic E-state index is -0.570. The maximum Gasteiger partial charge on any atom is 0.270 e. The van der Waals surface area contributed by atoms with Gasteiger partial charge in [-0.2, -0.15) is 0 Å². The van der Waals surface area contributed by atoms with Gasteiger partial charge in [0, 0.05) is 23.1 Å². The number of fused-ring (bicyclic) bond motifs is 1. The van der Waals surface area contributed by atoms with Crippen LogP contribution in [0.15, 0.2) is 53.9 Å². The Labute approximate surface area is 167 Å². The number of carbonyl (C=O) groups is 3. The van der Waals surface area contributed by atoms with Crippen LogP contribution in [0, 0.1) is 10.1 Å². The number of carbonyl (C=O) groups excluding carboxylic acids is 3. The van der Waals surface area contributed by atoms with Crippen LogP contribution in [0.4, 0.5) is 10.8 Å². The molecule has 0 atom stereocenters. The molecule has 0 saturated heterocycles. The van der Waals surface area contributed by atoms with E-state index < -0.39 is 29.2 Å². The van der Waals surface area contributed by atoms with Crippen molar-refractivity contribution in [1.29, 1.82) is 0 Å². The molecule has 0 aliphatic carbocycles. The van der Waals surface area contributed by atoms with Crippen LogP contribution in [0.1, 0.15) is 20.7 Å². The fraction of sp³-hybridized carbons (Fsp3) is 0.0526. The molecule has 0 fully saturated rings. The first kappa shape index (κ1) is 18.4. The number of aromatic nitrogens is 1. The number of nitrogens with zero attached hydrogens (tertiary/aromatic N) is 3. The molecule has 0 bridgehead atoms. The zero-order valence-corrected chi connectivity index (χ0v) is 15.5. The molecule has 10 heteroatoms. The lowest BCUT2D eigenvalue weighted by atomic mass is 10.1. The fourth-order valence-electron chi connectivity index (χ4n) is 2.93. The highest BCUT2D eigenvalue weighted by Gasteiger charge is 2.36. The zero-order chi connectivity index (χ0) is 20.5. The van der Waals surface area contributed by atoms with Gasteiger partial charge in [-0.05, 0) is 12.1 Å². The molecule has 1 aliphatic rings. The summed E-state index contributed by atoms with van der Waals surface area (Å²) in [5, 5.41) is 15.4. The molecule has 29 heavy (non-hydrogen) atoms. The zero-order valence-electron chi connectivity index (χ0n) is 14.7. The van der Waals surface area contributed by atoms with Crippen LogP contribution in [0.25, 0.3) is 11.3 Å². The first-order valence-electron chi connectivity index (χ1n) is 8.39. The standard InChI is InChI=1S/C19H12N4O5S/c24-16(9-22-17(25)13-6-1-2-7-14(13)18(22)26)21-19-20-15(10-29-19)11-4-3-5-12(8-11)23(27)28/h1-8,10H,9H2,(H,20,21,24). The van der Waals surface area contributed by atoms with E-state index in [1.54, 1.807) is 41.8 Å². The Hall–Kier alpha value is -3.92. The van der Waals surface area contributed by atoms with Crippen molar-refractivity contribution in [3.8, 4) is 11.3 Å². The molecule has 0 spiro atoms. The van der Waals surface area contributed by atoms with Crippen LogP contribution in [0.2, 0.25) is 0 Å². The summed E-state index contributed by atoms with van der Waals surface area (Å²) in [6, 6.07) is 12.4. The first-order valence-corrected chi connectivity index (χ1v) is 9.27. The Kier molecular flexibility index (Phi) is 4.61. The second kappa shape index (κ2) is 7.24. The maximum atomic E-state index is 12.3. The Morgan fingerprint density at radius 2 is 1.79 bits per heavy atom. The third kappa shape index (κ3) is 3.48. The summed E-state index contributed by atoms with van der Waals surface area (Å²) >= 11 is 1.13. The summed E-state index contributed by atoms with van der Waals surface area (Å²) in [7, 11) is 0. The van der Waals surface area contributed by atoms with Crippen molar-refractivity contribution in [1.82, 2.24) is 9.88 Å². The number of thiazole rings is 1. The maximum absolute atomic E-state index is 12.3. The lowest BCUT2D eigenvalue weighted by molar-refractivity contribution is -0.384. The summed E-state index contributed by atoms with van der Waals surface area (Å²) in [5.74, 6) is -1.60. The van der Waals surface area contributed by atoms with Crippen molar-refractivity contribution in [2.24, 2.45) is 0 Å². The van der Waals surface area contributed by atoms with E-state index in [4.69, 9.17) is 0 Å². The van der Waals surface area contributed by atoms with Crippen LogP contribution < -0.4 is 5.32 Å². The molecule has 3 aromatic rings. The number of nitrogens with one attached hydrogen (secondary N) is 1. The predicted octanol–water partition coefficient (Wildman–Crippen LogP) is 2.95. The SMILES string of the molecule is O=C(CN1C(=O)c2ccccc2C1=O)Nc1nc(-c2cccc([N+](=O)[O-])c2)cs1. The third-order valence-electron chi connectivity index (χ3n) is 4.28. The van der Waals surface area contributed by atoms with Crippen LogP contribution in [-0.4, -0.2) is 39.1 Å². The minimum absolute atomic E-state index is 0.0632. The van der Waals surface area contributed by atoms with E-state index in [9.17, 15) is 24.5 Å². The van der Waals surface area contributed by atoms with Crippen LogP contribution in [0.5, 0.6) is 0 Å². The molecule has 0 radical (unpaired) electrons. The van der Waals surface area contributed by atoms with Gasteiger partial charge in [-0.1, -0.05) is 24.3 Å². The lowest BCUT2D eigenvalue weighted by Crippen LogP contribution is -2.37. The van der Waals surface area contributed by atoms with E-state index in [1.165, 1.54) is 12.1 Å². The van der Waals surface area contributed by atoms with Gasteiger partial charge in [-0.3, -0.25) is 29.4 Å². The summed E-state index contributed by atoms with van der Waals surface area (Å²) in [6.45, 7) is -0.432. The minimum Gasteiger partial charge on any atom is -0.300 e. The van der Waals surface area contributed by atoms with Gasteiger partial charge >= 0.3 is 0 Å². The molecule has 0 unspecified atom stereocenters. The molecule has 1 aromatic heterocycles. The van der Waals surface area contributed by atoms with E-state index in [0.717, 1.165) is 16.2 Å². The van der Waals surface area contributed by atoms with Crippen molar-refractivity contribution in [3.63, 3.8) is 0 Å². The normalized spacial score (nSPS) is 12.8. The van der Waals surface area contributed by atoms with Crippen molar-refractivity contribution in [2.45, 2.75) is 0 Å². The van der Waals surface area contributed by atoms with E-state index in [1.807, 2.05) is 0 Å². The average molecular weight is 408 g/mol. The molecule has 3 amide bonds. The number of imide groups is 1. The molecular weight excluding hydrogens is 396 g/mol. The number of rotatable bonds is 5. The summed E-state index contributed by atoms with van der Waals surface area (Å²) in [5.41, 5.74) is 1.48. The highest BCUT2D eigenvalue weighted by Crippen LogP contribution is 2.28. The van der Waals surface area contributed by atoms with Crippen molar-refractivity contribution in [2.75, 3.05) is 11.9 Å². The van der Waals surface area contributed by atoms with E-state index >= 15 is 0 Å². The monoisotopic (exact) mass is 408 g/mol. The number of nitro groups is 1. The fourth-order valence-corrected chi connectivity index (χ4v) is 3.66. The highest BCUT2D eigenvalue weighted by atomic mass is 32.1. The van der Waals surface area contributed by atoms with Crippen LogP contribution >= 0.6 is 11.3 Å². The second-order valence-corrected chi connectivity index (χ2v) is 6.99. The van der Waals surface area contributed by atoms with Crippen molar-refractivity contribution >= 4 is 39.9 Å². The molecule has 4 rings (SSSR count). The topological polar surface area (TPSA) is 123 Å². The smallest absolute Gasteiger partial charge is 0.270 e. The van der Waals surface area contributed by atoms with E-state index in [2.05, 4.69) is 10.3 Å². The number of anilines is 1. The lowest BCUT2D eigenvalue weighted by Gasteiger charge is -2.12. The summed E-state index contributed by atoms with van der Waals surface area (Å²) < 4.78 is 0. The van der Waals surface area contributed by atoms with Gasteiger partial charge in [-0.25, -0.2) is 4.98 Å². The quantitative estimate of drug-likeness (QED) is 0.393. The number of nitro benzene ring substituents is 1. The Morgan fingerprint density at radius 3 is 2.45 bits per heavy atom. The Bertz CT molecular complexity index is 1140. The molecule has 2 heterocycles. The van der Waals surface area contributed by atoms with Gasteiger partial charge in [0.2, 0.25) is 5.91 Å². The largest absolute Gasteiger partial charge is 0.300 e. The van der Waals surface area contributed by atoms with Gasteiger partial charge in [0.15, 0.2) is 5.13 Å². The average Bonchev–Trinajstić information content (AvgIpc) is 3.27. The third-order valence-corrected chi connectivity index (χ3v) is 5.04. The number of benzene rings is 2. The van der Waals surface area contributed by atoms with Gasteiger partial charge in [-0.15, -0.1) is 11.3 Å². The molecule has 1 N–H and O–H groups in total. The molecule has 0 saturated carbocycles. The van der Waals surface area contributed by atoms with Gasteiger partial charge in [0.1, 0.15) is 6.54 Å². The van der Waals surface area contributed by atoms with Gasteiger partial charge in [0.25, 0.3) is 17.5 Å². The van der Waals surface area contributed by atoms with Crippen LogP contribution in [-0.2, 0) is 4.79 Å². The second-order valence-electron chi connectivity index (χ2n) is 6.14. The van der Waals surface area contributed by atoms with Crippen LogP contribution in [0.3, 0.4) is 0 Å². The van der Waals surface area contributed by atoms with Gasteiger partial charge in [0.05, 0.1) is 21.7 Å². The number of non-ortho nitro benzene ring substituents is 1. The Morgan fingerprint density at radius 1 is 1.10 bits per heavy atom. The highest BCUT2D eigenvalue weighted by molar-refractivity contribution is 7.14. The molecule has 9 nitrogen and oxygen atoms in total. The molecular formula is C19H12N4O5S. The van der Waals surface area contributed by atoms with E-state index in [-0.39, 0.29) is 21.9 Å². The summed E-state index contributed by atoms with van der Waals surface area (Å²) in [6.07, 6.45) is 0. The molecule has 1 aliphatic heterocycles. The molecule has 2 aromatic carbocycles. The van der Waals surface area contributed by atoms with Gasteiger partial charge < -0.3 is 5.32 Å².